The highest BCUT2D eigenvalue weighted by Crippen LogP contribution is 2.33. The second-order valence-electron chi connectivity index (χ2n) is 4.83. The highest BCUT2D eigenvalue weighted by Gasteiger charge is 2.26. The van der Waals surface area contributed by atoms with Gasteiger partial charge in [-0.25, -0.2) is 0 Å². The van der Waals surface area contributed by atoms with Crippen molar-refractivity contribution in [2.45, 2.75) is 33.9 Å². The molecule has 1 heterocycles. The molecule has 0 aromatic carbocycles. The predicted octanol–water partition coefficient (Wildman–Crippen LogP) is 3.05. The van der Waals surface area contributed by atoms with Crippen molar-refractivity contribution < 1.29 is 0 Å². The van der Waals surface area contributed by atoms with Gasteiger partial charge in [-0.2, -0.15) is 0 Å². The molecule has 0 spiro atoms. The molecule has 0 bridgehead atoms. The van der Waals surface area contributed by atoms with Gasteiger partial charge in [0.05, 0.1) is 0 Å². The molecule has 1 N–H and O–H groups in total. The lowest BCUT2D eigenvalue weighted by molar-refractivity contribution is 0.478. The Kier molecular flexibility index (Phi) is 2.99. The molecule has 2 heteroatoms. The zero-order valence-corrected chi connectivity index (χ0v) is 10.5. The quantitative estimate of drug-likeness (QED) is 0.715. The van der Waals surface area contributed by atoms with Crippen LogP contribution in [0.5, 0.6) is 0 Å². The molecule has 2 rings (SSSR count). The lowest BCUT2D eigenvalue weighted by Crippen LogP contribution is -2.35. The van der Waals surface area contributed by atoms with E-state index in [0.29, 0.717) is 11.8 Å². The number of allylic oxidation sites excluding steroid dienone is 5. The minimum Gasteiger partial charge on any atom is -0.367 e. The zero-order chi connectivity index (χ0) is 11.7. The number of aliphatic imine (C=N–C) groups is 1. The minimum atomic E-state index is 0.199. The van der Waals surface area contributed by atoms with E-state index in [4.69, 9.17) is 0 Å². The summed E-state index contributed by atoms with van der Waals surface area (Å²) in [6, 6.07) is 0. The molecule has 0 saturated carbocycles. The summed E-state index contributed by atoms with van der Waals surface area (Å²) in [5.74, 6) is 1.04. The molecule has 16 heavy (non-hydrogen) atoms. The molecule has 86 valence electrons. The Balaban J connectivity index is 2.34. The van der Waals surface area contributed by atoms with E-state index in [1.54, 1.807) is 0 Å². The molecule has 2 unspecified atom stereocenters. The first-order chi connectivity index (χ1) is 7.59. The third kappa shape index (κ3) is 1.97. The summed E-state index contributed by atoms with van der Waals surface area (Å²) in [7, 11) is 0. The van der Waals surface area contributed by atoms with Crippen molar-refractivity contribution in [3.05, 3.63) is 35.1 Å². The molecule has 1 aliphatic heterocycles. The van der Waals surface area contributed by atoms with Crippen LogP contribution in [0, 0.1) is 11.8 Å². The summed E-state index contributed by atoms with van der Waals surface area (Å²) in [5.41, 5.74) is 4.03. The molecule has 0 aromatic rings. The van der Waals surface area contributed by atoms with Gasteiger partial charge in [0.25, 0.3) is 0 Å². The molecular weight excluding hydrogens is 196 g/mol. The summed E-state index contributed by atoms with van der Waals surface area (Å²) < 4.78 is 0. The molecule has 0 fully saturated rings. The molecule has 1 aliphatic carbocycles. The number of hydrogen-bond donors (Lipinski definition) is 1. The van der Waals surface area contributed by atoms with Crippen LogP contribution in [0.15, 0.2) is 40.1 Å². The van der Waals surface area contributed by atoms with Gasteiger partial charge >= 0.3 is 0 Å². The van der Waals surface area contributed by atoms with Gasteiger partial charge in [-0.15, -0.1) is 0 Å². The van der Waals surface area contributed by atoms with Gasteiger partial charge < -0.3 is 5.32 Å². The second-order valence-corrected chi connectivity index (χ2v) is 4.83. The van der Waals surface area contributed by atoms with Gasteiger partial charge in [0.1, 0.15) is 6.17 Å². The van der Waals surface area contributed by atoms with Crippen molar-refractivity contribution >= 4 is 6.21 Å². The van der Waals surface area contributed by atoms with Gasteiger partial charge in [-0.1, -0.05) is 30.7 Å². The van der Waals surface area contributed by atoms with E-state index in [1.165, 1.54) is 16.8 Å². The highest BCUT2D eigenvalue weighted by atomic mass is 15.1. The Labute approximate surface area is 97.8 Å². The standard InChI is InChI=1S/C14H20N2/c1-9-6-5-7-10(2)13(9)14-11(3)8-15-12(4)16-14/h5-9,12-13,16H,1-4H3/t9?,12?,13-/m1/s1. The van der Waals surface area contributed by atoms with Crippen LogP contribution in [0.4, 0.5) is 0 Å². The monoisotopic (exact) mass is 216 g/mol. The highest BCUT2D eigenvalue weighted by molar-refractivity contribution is 5.80. The van der Waals surface area contributed by atoms with Crippen LogP contribution in [0.2, 0.25) is 0 Å². The molecule has 0 saturated heterocycles. The third-order valence-electron chi connectivity index (χ3n) is 3.38. The predicted molar refractivity (Wildman–Crippen MR) is 69.3 cm³/mol. The average Bonchev–Trinajstić information content (AvgIpc) is 2.23. The molecule has 2 aliphatic rings. The smallest absolute Gasteiger partial charge is 0.115 e. The summed E-state index contributed by atoms with van der Waals surface area (Å²) in [6.07, 6.45) is 8.84. The number of nitrogens with zero attached hydrogens (tertiary/aromatic N) is 1. The first-order valence-electron chi connectivity index (χ1n) is 5.95. The summed E-state index contributed by atoms with van der Waals surface area (Å²) in [5, 5.41) is 3.50. The molecule has 0 amide bonds. The van der Waals surface area contributed by atoms with Crippen LogP contribution >= 0.6 is 0 Å². The van der Waals surface area contributed by atoms with E-state index in [9.17, 15) is 0 Å². The van der Waals surface area contributed by atoms with Gasteiger partial charge in [0, 0.05) is 17.8 Å². The van der Waals surface area contributed by atoms with Crippen molar-refractivity contribution in [1.29, 1.82) is 0 Å². The Bertz CT molecular complexity index is 399. The van der Waals surface area contributed by atoms with Crippen LogP contribution in [0.3, 0.4) is 0 Å². The van der Waals surface area contributed by atoms with Gasteiger partial charge in [-0.3, -0.25) is 4.99 Å². The van der Waals surface area contributed by atoms with Crippen molar-refractivity contribution in [3.63, 3.8) is 0 Å². The van der Waals surface area contributed by atoms with Crippen LogP contribution in [-0.2, 0) is 0 Å². The SMILES string of the molecule is CC1=CC=CC(C)[C@H]1C1=C(C)C=NC(C)N1. The molecule has 3 atom stereocenters. The fraction of sp³-hybridized carbons (Fsp3) is 0.500. The Morgan fingerprint density at radius 1 is 1.25 bits per heavy atom. The molecular formula is C14H20N2. The Morgan fingerprint density at radius 2 is 2.00 bits per heavy atom. The lowest BCUT2D eigenvalue weighted by atomic mass is 9.80. The number of hydrogen-bond acceptors (Lipinski definition) is 2. The largest absolute Gasteiger partial charge is 0.367 e. The fourth-order valence-corrected chi connectivity index (χ4v) is 2.51. The van der Waals surface area contributed by atoms with E-state index in [2.05, 4.69) is 56.2 Å². The zero-order valence-electron chi connectivity index (χ0n) is 10.5. The molecule has 0 radical (unpaired) electrons. The average molecular weight is 216 g/mol. The van der Waals surface area contributed by atoms with Crippen LogP contribution in [-0.4, -0.2) is 12.4 Å². The van der Waals surface area contributed by atoms with Crippen LogP contribution < -0.4 is 5.32 Å². The first kappa shape index (κ1) is 11.2. The lowest BCUT2D eigenvalue weighted by Gasteiger charge is -2.32. The van der Waals surface area contributed by atoms with Gasteiger partial charge in [-0.05, 0) is 32.3 Å². The Hall–Kier alpha value is -1.31. The number of rotatable bonds is 1. The van der Waals surface area contributed by atoms with Crippen LogP contribution in [0.25, 0.3) is 0 Å². The maximum Gasteiger partial charge on any atom is 0.115 e. The van der Waals surface area contributed by atoms with Crippen molar-refractivity contribution in [2.75, 3.05) is 0 Å². The minimum absolute atomic E-state index is 0.199. The fourth-order valence-electron chi connectivity index (χ4n) is 2.51. The topological polar surface area (TPSA) is 24.4 Å². The normalized spacial score (nSPS) is 33.8. The summed E-state index contributed by atoms with van der Waals surface area (Å²) in [6.45, 7) is 8.71. The molecule has 2 nitrogen and oxygen atoms in total. The van der Waals surface area contributed by atoms with Crippen molar-refractivity contribution in [3.8, 4) is 0 Å². The van der Waals surface area contributed by atoms with E-state index >= 15 is 0 Å². The third-order valence-corrected chi connectivity index (χ3v) is 3.38. The second kappa shape index (κ2) is 4.28. The Morgan fingerprint density at radius 3 is 2.69 bits per heavy atom. The summed E-state index contributed by atoms with van der Waals surface area (Å²) >= 11 is 0. The maximum absolute atomic E-state index is 4.37. The van der Waals surface area contributed by atoms with E-state index < -0.39 is 0 Å². The first-order valence-corrected chi connectivity index (χ1v) is 5.95. The summed E-state index contributed by atoms with van der Waals surface area (Å²) in [4.78, 5) is 4.37. The van der Waals surface area contributed by atoms with Gasteiger partial charge in [0.15, 0.2) is 0 Å². The van der Waals surface area contributed by atoms with Crippen molar-refractivity contribution in [2.24, 2.45) is 16.8 Å². The number of nitrogens with one attached hydrogen (secondary N) is 1. The maximum atomic E-state index is 4.37. The van der Waals surface area contributed by atoms with Crippen molar-refractivity contribution in [1.82, 2.24) is 5.32 Å². The van der Waals surface area contributed by atoms with E-state index in [-0.39, 0.29) is 6.17 Å². The van der Waals surface area contributed by atoms with Gasteiger partial charge in [0.2, 0.25) is 0 Å². The molecule has 0 aromatic heterocycles. The van der Waals surface area contributed by atoms with Crippen LogP contribution in [0.1, 0.15) is 27.7 Å². The van der Waals surface area contributed by atoms with E-state index in [1.807, 2.05) is 6.21 Å². The van der Waals surface area contributed by atoms with E-state index in [0.717, 1.165) is 0 Å².